The molecule has 0 fully saturated rings. The Hall–Kier alpha value is -4.02. The highest BCUT2D eigenvalue weighted by atomic mass is 19.3. The molecule has 32 heavy (non-hydrogen) atoms. The van der Waals surface area contributed by atoms with Crippen LogP contribution in [0.5, 0.6) is 11.5 Å². The van der Waals surface area contributed by atoms with E-state index >= 15 is 0 Å². The number of methoxy groups -OCH3 is 2. The zero-order valence-corrected chi connectivity index (χ0v) is 16.9. The van der Waals surface area contributed by atoms with Crippen molar-refractivity contribution in [3.05, 3.63) is 54.7 Å². The maximum Gasteiger partial charge on any atom is 0.287 e. The van der Waals surface area contributed by atoms with Gasteiger partial charge in [0.05, 0.1) is 37.1 Å². The van der Waals surface area contributed by atoms with Crippen LogP contribution in [0.2, 0.25) is 0 Å². The third-order valence-corrected chi connectivity index (χ3v) is 4.80. The molecule has 1 N–H and O–H groups in total. The van der Waals surface area contributed by atoms with Gasteiger partial charge in [0.1, 0.15) is 29.7 Å². The summed E-state index contributed by atoms with van der Waals surface area (Å²) in [6.45, 7) is 0. The molecule has 0 radical (unpaired) electrons. The Labute approximate surface area is 179 Å². The fourth-order valence-electron chi connectivity index (χ4n) is 3.27. The highest BCUT2D eigenvalue weighted by Crippen LogP contribution is 2.34. The van der Waals surface area contributed by atoms with Gasteiger partial charge < -0.3 is 19.3 Å². The molecule has 0 aliphatic carbocycles. The van der Waals surface area contributed by atoms with Crippen molar-refractivity contribution in [1.29, 1.82) is 0 Å². The van der Waals surface area contributed by atoms with Crippen molar-refractivity contribution in [2.45, 2.75) is 12.7 Å². The highest BCUT2D eigenvalue weighted by Gasteiger charge is 2.27. The summed E-state index contributed by atoms with van der Waals surface area (Å²) < 4.78 is 55.5. The summed E-state index contributed by atoms with van der Waals surface area (Å²) in [5.41, 5.74) is 3.41. The van der Waals surface area contributed by atoms with E-state index in [-0.39, 0.29) is 17.1 Å². The number of benzene rings is 2. The molecule has 2 aromatic heterocycles. The van der Waals surface area contributed by atoms with E-state index in [1.54, 1.807) is 22.4 Å². The van der Waals surface area contributed by atoms with Crippen molar-refractivity contribution < 1.29 is 32.0 Å². The molecule has 11 heteroatoms. The molecule has 1 unspecified atom stereocenters. The average molecular weight is 446 g/mol. The number of fused-ring (bicyclic) bond motifs is 1. The number of nitrogens with one attached hydrogen (secondary N) is 1. The first-order chi connectivity index (χ1) is 15.4. The minimum atomic E-state index is -3.37. The molecule has 0 spiro atoms. The normalized spacial score (nSPS) is 12.2. The largest absolute Gasteiger partial charge is 0.496 e. The van der Waals surface area contributed by atoms with Crippen LogP contribution in [0.15, 0.2) is 53.6 Å². The Morgan fingerprint density at radius 3 is 2.41 bits per heavy atom. The van der Waals surface area contributed by atoms with Crippen LogP contribution in [0.25, 0.3) is 27.8 Å². The molecule has 1 atom stereocenters. The lowest BCUT2D eigenvalue weighted by Gasteiger charge is -2.17. The molecule has 0 saturated heterocycles. The van der Waals surface area contributed by atoms with E-state index in [1.807, 2.05) is 18.2 Å². The van der Waals surface area contributed by atoms with Crippen LogP contribution in [-0.2, 0) is 0 Å². The lowest BCUT2D eigenvalue weighted by atomic mass is 10.1. The van der Waals surface area contributed by atoms with Crippen molar-refractivity contribution in [1.82, 2.24) is 20.0 Å². The summed E-state index contributed by atoms with van der Waals surface area (Å²) in [5.74, 6) is -1.06. The van der Waals surface area contributed by atoms with E-state index in [9.17, 15) is 18.0 Å². The highest BCUT2D eigenvalue weighted by molar-refractivity contribution is 6.00. The maximum atomic E-state index is 13.4. The minimum absolute atomic E-state index is 0.0151. The van der Waals surface area contributed by atoms with Crippen LogP contribution in [-0.4, -0.2) is 47.6 Å². The lowest BCUT2D eigenvalue weighted by Crippen LogP contribution is -2.36. The zero-order valence-electron chi connectivity index (χ0n) is 16.9. The van der Waals surface area contributed by atoms with E-state index < -0.39 is 18.6 Å². The third-order valence-electron chi connectivity index (χ3n) is 4.80. The number of amides is 1. The molecule has 2 heterocycles. The molecule has 1 amide bonds. The van der Waals surface area contributed by atoms with E-state index in [0.29, 0.717) is 11.2 Å². The topological polar surface area (TPSA) is 91.4 Å². The third kappa shape index (κ3) is 3.84. The monoisotopic (exact) mass is 446 g/mol. The Bertz CT molecular complexity index is 1230. The Balaban J connectivity index is 1.76. The number of rotatable bonds is 7. The predicted octanol–water partition coefficient (Wildman–Crippen LogP) is 3.99. The van der Waals surface area contributed by atoms with E-state index in [0.717, 1.165) is 16.6 Å². The maximum absolute atomic E-state index is 13.4. The Morgan fingerprint density at radius 2 is 1.81 bits per heavy atom. The van der Waals surface area contributed by atoms with Gasteiger partial charge in [-0.3, -0.25) is 9.36 Å². The quantitative estimate of drug-likeness (QED) is 0.432. The fraction of sp³-hybridized carbons (Fsp3) is 0.190. The number of halogens is 3. The van der Waals surface area contributed by atoms with Crippen molar-refractivity contribution >= 4 is 16.9 Å². The molecule has 166 valence electrons. The van der Waals surface area contributed by atoms with Crippen molar-refractivity contribution in [3.63, 3.8) is 0 Å². The van der Waals surface area contributed by atoms with E-state index in [2.05, 4.69) is 10.1 Å². The number of nitrogens with zero attached hydrogens (tertiary/aromatic N) is 3. The number of imidazole rings is 1. The molecule has 4 rings (SSSR count). The van der Waals surface area contributed by atoms with Gasteiger partial charge in [0.2, 0.25) is 6.30 Å². The van der Waals surface area contributed by atoms with Gasteiger partial charge in [-0.2, -0.15) is 0 Å². The smallest absolute Gasteiger partial charge is 0.287 e. The minimum Gasteiger partial charge on any atom is -0.496 e. The summed E-state index contributed by atoms with van der Waals surface area (Å²) in [5, 5.41) is 5.29. The fourth-order valence-corrected chi connectivity index (χ4v) is 3.27. The molecule has 8 nitrogen and oxygen atoms in total. The van der Waals surface area contributed by atoms with Gasteiger partial charge in [-0.05, 0) is 17.7 Å². The van der Waals surface area contributed by atoms with Gasteiger partial charge in [0.25, 0.3) is 12.3 Å². The Kier molecular flexibility index (Phi) is 5.71. The second-order valence-electron chi connectivity index (χ2n) is 6.67. The number of carbonyl (C=O) groups is 1. The molecule has 0 aliphatic rings. The number of alkyl halides is 3. The Morgan fingerprint density at radius 1 is 1.09 bits per heavy atom. The van der Waals surface area contributed by atoms with E-state index in [4.69, 9.17) is 14.0 Å². The first-order valence-electron chi connectivity index (χ1n) is 9.29. The predicted molar refractivity (Wildman–Crippen MR) is 108 cm³/mol. The summed E-state index contributed by atoms with van der Waals surface area (Å²) in [6, 6.07) is 8.58. The van der Waals surface area contributed by atoms with Gasteiger partial charge >= 0.3 is 0 Å². The summed E-state index contributed by atoms with van der Waals surface area (Å²) >= 11 is 0. The average Bonchev–Trinajstić information content (AvgIpc) is 3.47. The summed E-state index contributed by atoms with van der Waals surface area (Å²) in [7, 11) is 2.60. The molecular formula is C21H17F3N4O4. The molecule has 0 bridgehead atoms. The van der Waals surface area contributed by atoms with Crippen molar-refractivity contribution in [2.24, 2.45) is 0 Å². The van der Waals surface area contributed by atoms with Gasteiger partial charge in [0, 0.05) is 17.7 Å². The SMILES string of the molecule is COc1cc(-n2cnc3cc(-c4cnoc4)ccc32)cc(OC)c1C(=O)NC(F)C(F)F. The van der Waals surface area contributed by atoms with Crippen LogP contribution in [0, 0.1) is 0 Å². The molecule has 4 aromatic rings. The second kappa shape index (κ2) is 8.61. The van der Waals surface area contributed by atoms with Crippen molar-refractivity contribution in [2.75, 3.05) is 14.2 Å². The summed E-state index contributed by atoms with van der Waals surface area (Å²) in [4.78, 5) is 16.8. The van der Waals surface area contributed by atoms with Gasteiger partial charge in [-0.1, -0.05) is 11.2 Å². The molecule has 0 saturated carbocycles. The zero-order chi connectivity index (χ0) is 22.8. The lowest BCUT2D eigenvalue weighted by molar-refractivity contribution is 0.0285. The number of ether oxygens (including phenoxy) is 2. The number of hydrogen-bond acceptors (Lipinski definition) is 6. The van der Waals surface area contributed by atoms with Crippen LogP contribution in [0.1, 0.15) is 10.4 Å². The van der Waals surface area contributed by atoms with Crippen LogP contribution < -0.4 is 14.8 Å². The van der Waals surface area contributed by atoms with E-state index in [1.165, 1.54) is 32.6 Å². The van der Waals surface area contributed by atoms with Gasteiger partial charge in [-0.25, -0.2) is 18.2 Å². The number of hydrogen-bond donors (Lipinski definition) is 1. The first-order valence-corrected chi connectivity index (χ1v) is 9.29. The van der Waals surface area contributed by atoms with Gasteiger partial charge in [0.15, 0.2) is 0 Å². The second-order valence-corrected chi connectivity index (χ2v) is 6.67. The van der Waals surface area contributed by atoms with Crippen LogP contribution in [0.4, 0.5) is 13.2 Å². The van der Waals surface area contributed by atoms with Crippen molar-refractivity contribution in [3.8, 4) is 28.3 Å². The molecule has 0 aliphatic heterocycles. The van der Waals surface area contributed by atoms with Gasteiger partial charge in [-0.15, -0.1) is 0 Å². The summed E-state index contributed by atoms with van der Waals surface area (Å²) in [6.07, 6.45) is -1.50. The van der Waals surface area contributed by atoms with Crippen LogP contribution >= 0.6 is 0 Å². The number of aromatic nitrogens is 3. The molecular weight excluding hydrogens is 429 g/mol. The number of carbonyl (C=O) groups excluding carboxylic acids is 1. The first kappa shape index (κ1) is 21.2. The standard InChI is InChI=1S/C21H17F3N4O4/c1-30-16-6-13(7-17(31-2)18(16)21(29)27-20(24)19(22)23)28-10-25-14-5-11(3-4-15(14)28)12-8-26-32-9-12/h3-10,19-20H,1-2H3,(H,27,29). The van der Waals surface area contributed by atoms with Crippen LogP contribution in [0.3, 0.4) is 0 Å². The molecule has 2 aromatic carbocycles.